The predicted molar refractivity (Wildman–Crippen MR) is 81.7 cm³/mol. The molecule has 4 heteroatoms. The summed E-state index contributed by atoms with van der Waals surface area (Å²) in [5, 5.41) is 4.09. The number of nitrogens with two attached hydrogens (primary N) is 1. The van der Waals surface area contributed by atoms with Crippen molar-refractivity contribution in [3.63, 3.8) is 0 Å². The van der Waals surface area contributed by atoms with Gasteiger partial charge in [0, 0.05) is 23.2 Å². The minimum Gasteiger partial charge on any atom is -0.366 e. The zero-order chi connectivity index (χ0) is 14.5. The van der Waals surface area contributed by atoms with E-state index in [0.717, 1.165) is 11.1 Å². The lowest BCUT2D eigenvalue weighted by Gasteiger charge is -2.15. The van der Waals surface area contributed by atoms with E-state index < -0.39 is 5.91 Å². The number of hydrogen-bond donors (Lipinski definition) is 2. The normalized spacial score (nSPS) is 12.1. The molecule has 0 aromatic heterocycles. The van der Waals surface area contributed by atoms with Crippen molar-refractivity contribution in [2.75, 3.05) is 0 Å². The maximum atomic E-state index is 11.4. The maximum Gasteiger partial charge on any atom is 0.249 e. The standard InChI is InChI=1S/C16H17ClN2O/c1-11(12-6-4-7-14(17)9-12)19-10-13-5-2-3-8-15(13)16(18)20/h2-9,11,19H,10H2,1H3,(H2,18,20). The molecule has 2 aromatic rings. The maximum absolute atomic E-state index is 11.4. The number of halogens is 1. The largest absolute Gasteiger partial charge is 0.366 e. The summed E-state index contributed by atoms with van der Waals surface area (Å²) in [6.07, 6.45) is 0. The summed E-state index contributed by atoms with van der Waals surface area (Å²) in [5.74, 6) is -0.405. The number of carbonyl (C=O) groups excluding carboxylic acids is 1. The van der Waals surface area contributed by atoms with Crippen LogP contribution < -0.4 is 11.1 Å². The van der Waals surface area contributed by atoms with E-state index in [-0.39, 0.29) is 6.04 Å². The Morgan fingerprint density at radius 2 is 2.00 bits per heavy atom. The molecule has 1 amide bonds. The lowest BCUT2D eigenvalue weighted by Crippen LogP contribution is -2.21. The van der Waals surface area contributed by atoms with Gasteiger partial charge in [-0.1, -0.05) is 41.9 Å². The zero-order valence-electron chi connectivity index (χ0n) is 11.3. The zero-order valence-corrected chi connectivity index (χ0v) is 12.0. The van der Waals surface area contributed by atoms with Crippen molar-refractivity contribution < 1.29 is 4.79 Å². The molecule has 3 N–H and O–H groups in total. The van der Waals surface area contributed by atoms with E-state index in [4.69, 9.17) is 17.3 Å². The van der Waals surface area contributed by atoms with Gasteiger partial charge in [-0.05, 0) is 36.2 Å². The van der Waals surface area contributed by atoms with Crippen LogP contribution in [-0.2, 0) is 6.54 Å². The van der Waals surface area contributed by atoms with Crippen molar-refractivity contribution in [2.45, 2.75) is 19.5 Å². The van der Waals surface area contributed by atoms with Crippen LogP contribution in [0.1, 0.15) is 34.5 Å². The van der Waals surface area contributed by atoms with Gasteiger partial charge < -0.3 is 11.1 Å². The van der Waals surface area contributed by atoms with E-state index in [9.17, 15) is 4.79 Å². The Kier molecular flexibility index (Phi) is 4.77. The molecule has 0 heterocycles. The number of nitrogens with one attached hydrogen (secondary N) is 1. The van der Waals surface area contributed by atoms with Crippen LogP contribution in [0, 0.1) is 0 Å². The number of rotatable bonds is 5. The third-order valence-electron chi connectivity index (χ3n) is 3.23. The number of benzene rings is 2. The highest BCUT2D eigenvalue weighted by Crippen LogP contribution is 2.18. The molecular weight excluding hydrogens is 272 g/mol. The summed E-state index contributed by atoms with van der Waals surface area (Å²) >= 11 is 5.98. The second-order valence-electron chi connectivity index (χ2n) is 4.68. The third kappa shape index (κ3) is 3.59. The van der Waals surface area contributed by atoms with Gasteiger partial charge in [0.25, 0.3) is 0 Å². The average molecular weight is 289 g/mol. The van der Waals surface area contributed by atoms with Crippen LogP contribution >= 0.6 is 11.6 Å². The number of hydrogen-bond acceptors (Lipinski definition) is 2. The van der Waals surface area contributed by atoms with Crippen LogP contribution in [0.4, 0.5) is 0 Å². The van der Waals surface area contributed by atoms with Gasteiger partial charge in [-0.25, -0.2) is 0 Å². The minimum atomic E-state index is -0.405. The summed E-state index contributed by atoms with van der Waals surface area (Å²) in [6, 6.07) is 15.2. The van der Waals surface area contributed by atoms with Gasteiger partial charge in [0.15, 0.2) is 0 Å². The Bertz CT molecular complexity index is 613. The molecule has 20 heavy (non-hydrogen) atoms. The first-order valence-electron chi connectivity index (χ1n) is 6.44. The summed E-state index contributed by atoms with van der Waals surface area (Å²) in [6.45, 7) is 2.63. The van der Waals surface area contributed by atoms with Gasteiger partial charge in [-0.3, -0.25) is 4.79 Å². The van der Waals surface area contributed by atoms with E-state index in [2.05, 4.69) is 12.2 Å². The first-order chi connectivity index (χ1) is 9.58. The van der Waals surface area contributed by atoms with Crippen LogP contribution in [0.5, 0.6) is 0 Å². The molecule has 0 fully saturated rings. The smallest absolute Gasteiger partial charge is 0.249 e. The Morgan fingerprint density at radius 1 is 1.25 bits per heavy atom. The van der Waals surface area contributed by atoms with Gasteiger partial charge >= 0.3 is 0 Å². The van der Waals surface area contributed by atoms with Crippen LogP contribution in [0.3, 0.4) is 0 Å². The molecule has 1 atom stereocenters. The summed E-state index contributed by atoms with van der Waals surface area (Å²) in [4.78, 5) is 11.4. The van der Waals surface area contributed by atoms with Crippen molar-refractivity contribution in [1.29, 1.82) is 0 Å². The summed E-state index contributed by atoms with van der Waals surface area (Å²) < 4.78 is 0. The monoisotopic (exact) mass is 288 g/mol. The summed E-state index contributed by atoms with van der Waals surface area (Å²) in [7, 11) is 0. The molecule has 0 aliphatic rings. The second-order valence-corrected chi connectivity index (χ2v) is 5.12. The van der Waals surface area contributed by atoms with Crippen LogP contribution in [0.15, 0.2) is 48.5 Å². The molecule has 2 aromatic carbocycles. The fourth-order valence-corrected chi connectivity index (χ4v) is 2.27. The molecule has 0 aliphatic heterocycles. The number of amides is 1. The molecular formula is C16H17ClN2O. The van der Waals surface area contributed by atoms with Crippen molar-refractivity contribution in [2.24, 2.45) is 5.73 Å². The highest BCUT2D eigenvalue weighted by molar-refractivity contribution is 6.30. The second kappa shape index (κ2) is 6.55. The van der Waals surface area contributed by atoms with Crippen LogP contribution in [-0.4, -0.2) is 5.91 Å². The minimum absolute atomic E-state index is 0.134. The number of primary amides is 1. The topological polar surface area (TPSA) is 55.1 Å². The van der Waals surface area contributed by atoms with Gasteiger partial charge in [-0.15, -0.1) is 0 Å². The fourth-order valence-electron chi connectivity index (χ4n) is 2.07. The van der Waals surface area contributed by atoms with E-state index in [0.29, 0.717) is 17.1 Å². The average Bonchev–Trinajstić information content (AvgIpc) is 2.45. The Hall–Kier alpha value is -1.84. The Balaban J connectivity index is 2.07. The molecule has 2 rings (SSSR count). The fraction of sp³-hybridized carbons (Fsp3) is 0.188. The van der Waals surface area contributed by atoms with E-state index >= 15 is 0 Å². The molecule has 3 nitrogen and oxygen atoms in total. The first kappa shape index (κ1) is 14.6. The molecule has 104 valence electrons. The molecule has 0 bridgehead atoms. The Labute approximate surface area is 123 Å². The molecule has 0 saturated carbocycles. The molecule has 0 radical (unpaired) electrons. The number of carbonyl (C=O) groups is 1. The third-order valence-corrected chi connectivity index (χ3v) is 3.47. The van der Waals surface area contributed by atoms with Crippen molar-refractivity contribution in [1.82, 2.24) is 5.32 Å². The molecule has 0 spiro atoms. The van der Waals surface area contributed by atoms with Crippen molar-refractivity contribution in [3.8, 4) is 0 Å². The highest BCUT2D eigenvalue weighted by Gasteiger charge is 2.09. The van der Waals surface area contributed by atoms with Crippen LogP contribution in [0.2, 0.25) is 5.02 Å². The lowest BCUT2D eigenvalue weighted by molar-refractivity contribution is 0.0999. The van der Waals surface area contributed by atoms with Gasteiger partial charge in [0.2, 0.25) is 5.91 Å². The first-order valence-corrected chi connectivity index (χ1v) is 6.82. The Morgan fingerprint density at radius 3 is 2.70 bits per heavy atom. The van der Waals surface area contributed by atoms with Gasteiger partial charge in [0.05, 0.1) is 0 Å². The SMILES string of the molecule is CC(NCc1ccccc1C(N)=O)c1cccc(Cl)c1. The van der Waals surface area contributed by atoms with E-state index in [1.807, 2.05) is 42.5 Å². The highest BCUT2D eigenvalue weighted by atomic mass is 35.5. The summed E-state index contributed by atoms with van der Waals surface area (Å²) in [5.41, 5.74) is 7.92. The van der Waals surface area contributed by atoms with E-state index in [1.165, 1.54) is 0 Å². The van der Waals surface area contributed by atoms with Crippen LogP contribution in [0.25, 0.3) is 0 Å². The lowest BCUT2D eigenvalue weighted by atomic mass is 10.1. The molecule has 0 saturated heterocycles. The van der Waals surface area contributed by atoms with E-state index in [1.54, 1.807) is 6.07 Å². The van der Waals surface area contributed by atoms with Crippen molar-refractivity contribution in [3.05, 3.63) is 70.2 Å². The predicted octanol–water partition coefficient (Wildman–Crippen LogP) is 3.29. The van der Waals surface area contributed by atoms with Gasteiger partial charge in [-0.2, -0.15) is 0 Å². The molecule has 1 unspecified atom stereocenters. The quantitative estimate of drug-likeness (QED) is 0.887. The van der Waals surface area contributed by atoms with Crippen molar-refractivity contribution >= 4 is 17.5 Å². The molecule has 0 aliphatic carbocycles. The van der Waals surface area contributed by atoms with Gasteiger partial charge in [0.1, 0.15) is 0 Å².